The van der Waals surface area contributed by atoms with E-state index in [4.69, 9.17) is 23.2 Å². The fourth-order valence-corrected chi connectivity index (χ4v) is 1.77. The van der Waals surface area contributed by atoms with E-state index in [1.165, 1.54) is 25.1 Å². The van der Waals surface area contributed by atoms with Crippen molar-refractivity contribution in [2.45, 2.75) is 19.5 Å². The van der Waals surface area contributed by atoms with Crippen LogP contribution in [-0.2, 0) is 4.79 Å². The molecule has 0 saturated heterocycles. The van der Waals surface area contributed by atoms with Gasteiger partial charge in [0.15, 0.2) is 5.78 Å². The third-order valence-electron chi connectivity index (χ3n) is 2.07. The number of ketones is 2. The predicted molar refractivity (Wildman–Crippen MR) is 61.0 cm³/mol. The highest BCUT2D eigenvalue weighted by Gasteiger charge is 2.28. The summed E-state index contributed by atoms with van der Waals surface area (Å²) in [4.78, 5) is 22.7. The van der Waals surface area contributed by atoms with E-state index in [1.807, 2.05) is 0 Å². The van der Waals surface area contributed by atoms with Crippen molar-refractivity contribution >= 4 is 34.8 Å². The van der Waals surface area contributed by atoms with E-state index in [0.717, 1.165) is 0 Å². The molecule has 0 aliphatic heterocycles. The zero-order valence-corrected chi connectivity index (χ0v) is 9.98. The average molecular weight is 263 g/mol. The molecular formula is C11H9Cl2FO2. The molecule has 1 aromatic rings. The van der Waals surface area contributed by atoms with E-state index in [0.29, 0.717) is 0 Å². The van der Waals surface area contributed by atoms with Gasteiger partial charge in [0.05, 0.1) is 15.6 Å². The summed E-state index contributed by atoms with van der Waals surface area (Å²) >= 11 is 11.5. The molecular weight excluding hydrogens is 254 g/mol. The number of benzene rings is 1. The number of rotatable bonds is 4. The molecule has 1 aromatic carbocycles. The average Bonchev–Trinajstić information content (AvgIpc) is 2.26. The fourth-order valence-electron chi connectivity index (χ4n) is 1.19. The first-order chi connectivity index (χ1) is 7.49. The first-order valence-electron chi connectivity index (χ1n) is 4.64. The molecule has 0 aliphatic carbocycles. The van der Waals surface area contributed by atoms with Gasteiger partial charge in [-0.1, -0.05) is 36.2 Å². The van der Waals surface area contributed by atoms with Gasteiger partial charge in [-0.25, -0.2) is 4.39 Å². The summed E-state index contributed by atoms with van der Waals surface area (Å²) < 4.78 is 13.4. The molecule has 0 radical (unpaired) electrons. The third-order valence-corrected chi connectivity index (χ3v) is 2.70. The Kier molecular flexibility index (Phi) is 4.44. The first-order valence-corrected chi connectivity index (χ1v) is 5.39. The quantitative estimate of drug-likeness (QED) is 0.615. The number of hydrogen-bond donors (Lipinski definition) is 0. The first kappa shape index (κ1) is 13.1. The molecule has 0 bridgehead atoms. The summed E-state index contributed by atoms with van der Waals surface area (Å²) in [6.07, 6.45) is -2.24. The minimum absolute atomic E-state index is 0.0454. The Balaban J connectivity index is 3.10. The van der Waals surface area contributed by atoms with E-state index >= 15 is 0 Å². The molecule has 0 heterocycles. The molecule has 0 N–H and O–H groups in total. The topological polar surface area (TPSA) is 34.1 Å². The van der Waals surface area contributed by atoms with E-state index < -0.39 is 17.7 Å². The van der Waals surface area contributed by atoms with Crippen LogP contribution in [0.25, 0.3) is 0 Å². The Morgan fingerprint density at radius 2 is 1.81 bits per heavy atom. The maximum absolute atomic E-state index is 13.4. The van der Waals surface area contributed by atoms with Crippen molar-refractivity contribution in [2.24, 2.45) is 0 Å². The Morgan fingerprint density at radius 3 is 2.25 bits per heavy atom. The molecule has 5 heteroatoms. The third kappa shape index (κ3) is 2.60. The summed E-state index contributed by atoms with van der Waals surface area (Å²) in [5.41, 5.74) is -0.139. The smallest absolute Gasteiger partial charge is 0.220 e. The van der Waals surface area contributed by atoms with Gasteiger partial charge in [-0.05, 0) is 12.1 Å². The highest BCUT2D eigenvalue weighted by atomic mass is 35.5. The summed E-state index contributed by atoms with van der Waals surface area (Å²) in [5.74, 6) is -1.76. The van der Waals surface area contributed by atoms with Crippen molar-refractivity contribution in [1.29, 1.82) is 0 Å². The van der Waals surface area contributed by atoms with Gasteiger partial charge >= 0.3 is 0 Å². The molecule has 16 heavy (non-hydrogen) atoms. The fraction of sp³-hybridized carbons (Fsp3) is 0.273. The molecule has 1 unspecified atom stereocenters. The van der Waals surface area contributed by atoms with Crippen molar-refractivity contribution in [3.05, 3.63) is 33.8 Å². The predicted octanol–water partition coefficient (Wildman–Crippen LogP) is 3.49. The van der Waals surface area contributed by atoms with E-state index in [1.54, 1.807) is 0 Å². The molecule has 0 aliphatic rings. The SMILES string of the molecule is CCC(=O)C(F)C(=O)c1c(Cl)cccc1Cl. The van der Waals surface area contributed by atoms with Crippen LogP contribution >= 0.6 is 23.2 Å². The van der Waals surface area contributed by atoms with E-state index in [2.05, 4.69) is 0 Å². The second-order valence-electron chi connectivity index (χ2n) is 3.14. The van der Waals surface area contributed by atoms with Gasteiger partial charge in [0.2, 0.25) is 12.0 Å². The monoisotopic (exact) mass is 262 g/mol. The number of halogens is 3. The number of hydrogen-bond acceptors (Lipinski definition) is 2. The van der Waals surface area contributed by atoms with Gasteiger partial charge in [0.25, 0.3) is 0 Å². The van der Waals surface area contributed by atoms with Crippen LogP contribution in [0.2, 0.25) is 10.0 Å². The normalized spacial score (nSPS) is 12.2. The maximum Gasteiger partial charge on any atom is 0.220 e. The Hall–Kier alpha value is -0.930. The van der Waals surface area contributed by atoms with E-state index in [9.17, 15) is 14.0 Å². The lowest BCUT2D eigenvalue weighted by Gasteiger charge is -2.08. The van der Waals surface area contributed by atoms with Gasteiger partial charge in [0, 0.05) is 6.42 Å². The molecule has 0 saturated carbocycles. The molecule has 0 spiro atoms. The van der Waals surface area contributed by atoms with Crippen molar-refractivity contribution in [3.8, 4) is 0 Å². The van der Waals surface area contributed by atoms with Crippen LogP contribution < -0.4 is 0 Å². The molecule has 2 nitrogen and oxygen atoms in total. The summed E-state index contributed by atoms with van der Waals surface area (Å²) in [5, 5.41) is 0.0908. The minimum atomic E-state index is -2.19. The zero-order valence-electron chi connectivity index (χ0n) is 8.47. The molecule has 0 fully saturated rings. The van der Waals surface area contributed by atoms with Gasteiger partial charge in [0.1, 0.15) is 0 Å². The van der Waals surface area contributed by atoms with Crippen LogP contribution in [0.5, 0.6) is 0 Å². The Morgan fingerprint density at radius 1 is 1.31 bits per heavy atom. The van der Waals surface area contributed by atoms with E-state index in [-0.39, 0.29) is 22.0 Å². The van der Waals surface area contributed by atoms with Gasteiger partial charge in [-0.2, -0.15) is 0 Å². The van der Waals surface area contributed by atoms with Crippen LogP contribution in [0.4, 0.5) is 4.39 Å². The maximum atomic E-state index is 13.4. The zero-order chi connectivity index (χ0) is 12.3. The molecule has 0 amide bonds. The van der Waals surface area contributed by atoms with Crippen molar-refractivity contribution in [3.63, 3.8) is 0 Å². The lowest BCUT2D eigenvalue weighted by molar-refractivity contribution is -0.121. The lowest BCUT2D eigenvalue weighted by atomic mass is 10.0. The number of carbonyl (C=O) groups is 2. The largest absolute Gasteiger partial charge is 0.296 e. The van der Waals surface area contributed by atoms with Crippen LogP contribution in [0.1, 0.15) is 23.7 Å². The Bertz CT molecular complexity index is 412. The van der Waals surface area contributed by atoms with Crippen LogP contribution in [0, 0.1) is 0 Å². The van der Waals surface area contributed by atoms with Crippen molar-refractivity contribution in [1.82, 2.24) is 0 Å². The van der Waals surface area contributed by atoms with Crippen molar-refractivity contribution < 1.29 is 14.0 Å². The second kappa shape index (κ2) is 5.41. The molecule has 0 aromatic heterocycles. The number of alkyl halides is 1. The minimum Gasteiger partial charge on any atom is -0.296 e. The van der Waals surface area contributed by atoms with Crippen LogP contribution in [-0.4, -0.2) is 17.7 Å². The van der Waals surface area contributed by atoms with Gasteiger partial charge < -0.3 is 0 Å². The second-order valence-corrected chi connectivity index (χ2v) is 3.96. The molecule has 1 atom stereocenters. The van der Waals surface area contributed by atoms with Crippen LogP contribution in [0.15, 0.2) is 18.2 Å². The summed E-state index contributed by atoms with van der Waals surface area (Å²) in [6, 6.07) is 4.38. The Labute approximate surface area is 102 Å². The van der Waals surface area contributed by atoms with Crippen molar-refractivity contribution in [2.75, 3.05) is 0 Å². The molecule has 1 rings (SSSR count). The number of carbonyl (C=O) groups excluding carboxylic acids is 2. The van der Waals surface area contributed by atoms with Gasteiger partial charge in [-0.15, -0.1) is 0 Å². The summed E-state index contributed by atoms with van der Waals surface area (Å²) in [6.45, 7) is 1.48. The lowest BCUT2D eigenvalue weighted by Crippen LogP contribution is -2.25. The molecule has 86 valence electrons. The van der Waals surface area contributed by atoms with Crippen LogP contribution in [0.3, 0.4) is 0 Å². The number of Topliss-reactive ketones (excluding diaryl/α,β-unsaturated/α-hetero) is 2. The highest BCUT2D eigenvalue weighted by Crippen LogP contribution is 2.26. The highest BCUT2D eigenvalue weighted by molar-refractivity contribution is 6.40. The van der Waals surface area contributed by atoms with Gasteiger partial charge in [-0.3, -0.25) is 9.59 Å². The standard InChI is InChI=1S/C11H9Cl2FO2/c1-2-8(15)10(14)11(16)9-6(12)4-3-5-7(9)13/h3-5,10H,2H2,1H3. The summed E-state index contributed by atoms with van der Waals surface area (Å²) in [7, 11) is 0.